The van der Waals surface area contributed by atoms with E-state index in [1.807, 2.05) is 19.1 Å². The molecule has 0 amide bonds. The number of halogens is 1. The quantitative estimate of drug-likeness (QED) is 0.716. The van der Waals surface area contributed by atoms with Crippen LogP contribution in [0.5, 0.6) is 11.5 Å². The standard InChI is InChI=1S/C20H17FO4S/c1-2-13-5-3-6-14(9-13)17-11-20(19(23)12-18(17)22)26(24,25)16-8-4-7-15(21)10-16/h3-12,22-23H,2H2,1H3. The Labute approximate surface area is 151 Å². The Morgan fingerprint density at radius 2 is 1.65 bits per heavy atom. The monoisotopic (exact) mass is 372 g/mol. The lowest BCUT2D eigenvalue weighted by atomic mass is 10.0. The highest BCUT2D eigenvalue weighted by molar-refractivity contribution is 7.91. The molecule has 0 radical (unpaired) electrons. The molecule has 0 saturated carbocycles. The van der Waals surface area contributed by atoms with Crippen LogP contribution in [0.3, 0.4) is 0 Å². The summed E-state index contributed by atoms with van der Waals surface area (Å²) >= 11 is 0. The zero-order chi connectivity index (χ0) is 18.9. The number of phenolic OH excluding ortho intramolecular Hbond substituents is 2. The first-order valence-corrected chi connectivity index (χ1v) is 9.47. The molecule has 0 fully saturated rings. The molecule has 0 aliphatic rings. The summed E-state index contributed by atoms with van der Waals surface area (Å²) in [5, 5.41) is 20.3. The van der Waals surface area contributed by atoms with E-state index in [0.717, 1.165) is 30.2 Å². The molecule has 2 N–H and O–H groups in total. The molecule has 26 heavy (non-hydrogen) atoms. The van der Waals surface area contributed by atoms with E-state index in [1.165, 1.54) is 18.2 Å². The van der Waals surface area contributed by atoms with E-state index in [0.29, 0.717) is 5.56 Å². The van der Waals surface area contributed by atoms with Gasteiger partial charge < -0.3 is 10.2 Å². The fourth-order valence-electron chi connectivity index (χ4n) is 2.72. The van der Waals surface area contributed by atoms with Crippen LogP contribution in [-0.4, -0.2) is 18.6 Å². The average Bonchev–Trinajstić information content (AvgIpc) is 2.61. The molecule has 0 aliphatic carbocycles. The van der Waals surface area contributed by atoms with Gasteiger partial charge in [-0.05, 0) is 41.8 Å². The minimum Gasteiger partial charge on any atom is -0.507 e. The van der Waals surface area contributed by atoms with Gasteiger partial charge >= 0.3 is 0 Å². The fraction of sp³-hybridized carbons (Fsp3) is 0.100. The maximum Gasteiger partial charge on any atom is 0.210 e. The third kappa shape index (κ3) is 3.28. The second-order valence-corrected chi connectivity index (χ2v) is 7.77. The Morgan fingerprint density at radius 1 is 0.923 bits per heavy atom. The summed E-state index contributed by atoms with van der Waals surface area (Å²) < 4.78 is 39.1. The van der Waals surface area contributed by atoms with Gasteiger partial charge in [0.15, 0.2) is 0 Å². The number of aromatic hydroxyl groups is 2. The van der Waals surface area contributed by atoms with Crippen LogP contribution in [-0.2, 0) is 16.3 Å². The minimum atomic E-state index is -4.16. The van der Waals surface area contributed by atoms with Gasteiger partial charge in [-0.3, -0.25) is 0 Å². The molecule has 6 heteroatoms. The van der Waals surface area contributed by atoms with Gasteiger partial charge in [0.05, 0.1) is 4.90 Å². The lowest BCUT2D eigenvalue weighted by Gasteiger charge is -2.12. The summed E-state index contributed by atoms with van der Waals surface area (Å²) in [6, 6.07) is 14.1. The van der Waals surface area contributed by atoms with Crippen molar-refractivity contribution >= 4 is 9.84 Å². The smallest absolute Gasteiger partial charge is 0.210 e. The van der Waals surface area contributed by atoms with Crippen LogP contribution >= 0.6 is 0 Å². The van der Waals surface area contributed by atoms with Crippen molar-refractivity contribution in [3.8, 4) is 22.6 Å². The van der Waals surface area contributed by atoms with Gasteiger partial charge in [-0.15, -0.1) is 0 Å². The van der Waals surface area contributed by atoms with Gasteiger partial charge in [0.1, 0.15) is 22.2 Å². The van der Waals surface area contributed by atoms with Crippen LogP contribution in [0.25, 0.3) is 11.1 Å². The third-order valence-corrected chi connectivity index (χ3v) is 5.90. The van der Waals surface area contributed by atoms with Crippen LogP contribution in [0.1, 0.15) is 12.5 Å². The predicted molar refractivity (Wildman–Crippen MR) is 96.4 cm³/mol. The number of benzene rings is 3. The molecular weight excluding hydrogens is 355 g/mol. The summed E-state index contributed by atoms with van der Waals surface area (Å²) in [5.74, 6) is -1.53. The first kappa shape index (κ1) is 17.9. The van der Waals surface area contributed by atoms with Crippen molar-refractivity contribution in [3.63, 3.8) is 0 Å². The van der Waals surface area contributed by atoms with Gasteiger partial charge in [-0.1, -0.05) is 37.3 Å². The van der Waals surface area contributed by atoms with E-state index >= 15 is 0 Å². The third-order valence-electron chi connectivity index (χ3n) is 4.12. The molecule has 0 unspecified atom stereocenters. The predicted octanol–water partition coefficient (Wildman–Crippen LogP) is 4.30. The van der Waals surface area contributed by atoms with E-state index in [2.05, 4.69) is 0 Å². The maximum atomic E-state index is 13.4. The minimum absolute atomic E-state index is 0.242. The van der Waals surface area contributed by atoms with E-state index in [-0.39, 0.29) is 16.2 Å². The van der Waals surface area contributed by atoms with Gasteiger partial charge in [-0.2, -0.15) is 0 Å². The maximum absolute atomic E-state index is 13.4. The van der Waals surface area contributed by atoms with Gasteiger partial charge in [0.2, 0.25) is 9.84 Å². The van der Waals surface area contributed by atoms with Gasteiger partial charge in [-0.25, -0.2) is 12.8 Å². The molecule has 0 heterocycles. The SMILES string of the molecule is CCc1cccc(-c2cc(S(=O)(=O)c3cccc(F)c3)c(O)cc2O)c1. The normalized spacial score (nSPS) is 11.5. The molecule has 0 spiro atoms. The highest BCUT2D eigenvalue weighted by Crippen LogP contribution is 2.39. The fourth-order valence-corrected chi connectivity index (χ4v) is 4.11. The molecule has 0 atom stereocenters. The lowest BCUT2D eigenvalue weighted by molar-refractivity contribution is 0.440. The first-order chi connectivity index (χ1) is 12.3. The van der Waals surface area contributed by atoms with E-state index in [1.54, 1.807) is 12.1 Å². The summed E-state index contributed by atoms with van der Waals surface area (Å²) in [6.07, 6.45) is 0.779. The molecule has 3 aromatic rings. The largest absolute Gasteiger partial charge is 0.507 e. The van der Waals surface area contributed by atoms with Crippen molar-refractivity contribution in [3.05, 3.63) is 72.0 Å². The highest BCUT2D eigenvalue weighted by Gasteiger charge is 2.24. The van der Waals surface area contributed by atoms with Crippen molar-refractivity contribution in [2.75, 3.05) is 0 Å². The first-order valence-electron chi connectivity index (χ1n) is 7.99. The van der Waals surface area contributed by atoms with Crippen molar-refractivity contribution in [2.45, 2.75) is 23.1 Å². The average molecular weight is 372 g/mol. The summed E-state index contributed by atoms with van der Waals surface area (Å²) in [5.41, 5.74) is 1.91. The number of hydrogen-bond acceptors (Lipinski definition) is 4. The van der Waals surface area contributed by atoms with E-state index in [4.69, 9.17) is 0 Å². The molecule has 0 bridgehead atoms. The molecule has 3 rings (SSSR count). The second kappa shape index (κ2) is 6.80. The molecule has 0 aliphatic heterocycles. The second-order valence-electron chi connectivity index (χ2n) is 5.85. The van der Waals surface area contributed by atoms with Crippen LogP contribution in [0.15, 0.2) is 70.5 Å². The van der Waals surface area contributed by atoms with Crippen molar-refractivity contribution < 1.29 is 23.0 Å². The summed E-state index contributed by atoms with van der Waals surface area (Å²) in [4.78, 5) is -0.662. The number of hydrogen-bond donors (Lipinski definition) is 2. The summed E-state index contributed by atoms with van der Waals surface area (Å²) in [6.45, 7) is 1.98. The Bertz CT molecular complexity index is 1070. The number of rotatable bonds is 4. The number of aryl methyl sites for hydroxylation is 1. The lowest BCUT2D eigenvalue weighted by Crippen LogP contribution is -2.03. The van der Waals surface area contributed by atoms with Crippen molar-refractivity contribution in [1.29, 1.82) is 0 Å². The molecule has 0 aromatic heterocycles. The van der Waals surface area contributed by atoms with Crippen LogP contribution in [0, 0.1) is 5.82 Å². The Hall–Kier alpha value is -2.86. The van der Waals surface area contributed by atoms with Gasteiger partial charge in [0, 0.05) is 11.6 Å². The highest BCUT2D eigenvalue weighted by atomic mass is 32.2. The molecule has 3 aromatic carbocycles. The number of sulfone groups is 1. The van der Waals surface area contributed by atoms with Crippen molar-refractivity contribution in [1.82, 2.24) is 0 Å². The van der Waals surface area contributed by atoms with Crippen LogP contribution < -0.4 is 0 Å². The van der Waals surface area contributed by atoms with Crippen LogP contribution in [0.2, 0.25) is 0 Å². The van der Waals surface area contributed by atoms with Gasteiger partial charge in [0.25, 0.3) is 0 Å². The Kier molecular flexibility index (Phi) is 4.70. The van der Waals surface area contributed by atoms with E-state index in [9.17, 15) is 23.0 Å². The molecule has 134 valence electrons. The molecule has 0 saturated heterocycles. The Morgan fingerprint density at radius 3 is 2.35 bits per heavy atom. The Balaban J connectivity index is 2.20. The van der Waals surface area contributed by atoms with E-state index < -0.39 is 26.3 Å². The molecular formula is C20H17FO4S. The summed E-state index contributed by atoms with van der Waals surface area (Å²) in [7, 11) is -4.16. The number of phenols is 2. The zero-order valence-electron chi connectivity index (χ0n) is 14.0. The topological polar surface area (TPSA) is 74.6 Å². The zero-order valence-corrected chi connectivity index (χ0v) is 14.8. The van der Waals surface area contributed by atoms with Crippen molar-refractivity contribution in [2.24, 2.45) is 0 Å². The van der Waals surface area contributed by atoms with Crippen LogP contribution in [0.4, 0.5) is 4.39 Å². The molecule has 4 nitrogen and oxygen atoms in total.